The molecule has 0 fully saturated rings. The average Bonchev–Trinajstić information content (AvgIpc) is 3.23. The fourth-order valence-electron chi connectivity index (χ4n) is 3.21. The highest BCUT2D eigenvalue weighted by molar-refractivity contribution is 14.1. The topological polar surface area (TPSA) is 81.3 Å². The molecule has 0 saturated heterocycles. The third kappa shape index (κ3) is 5.53. The zero-order valence-electron chi connectivity index (χ0n) is 17.6. The molecule has 3 aromatic rings. The van der Waals surface area contributed by atoms with E-state index in [4.69, 9.17) is 0 Å². The van der Waals surface area contributed by atoms with Crippen LogP contribution in [0.15, 0.2) is 16.9 Å². The number of hydrogen-bond donors (Lipinski definition) is 1. The van der Waals surface area contributed by atoms with E-state index in [2.05, 4.69) is 15.4 Å². The smallest absolute Gasteiger partial charge is 0.351 e. The maximum atomic E-state index is 13.8. The molecular formula is C19H19F5IN5O2S. The molecule has 0 aromatic carbocycles. The third-order valence-electron chi connectivity index (χ3n) is 4.47. The van der Waals surface area contributed by atoms with Crippen LogP contribution in [0.2, 0.25) is 0 Å². The summed E-state index contributed by atoms with van der Waals surface area (Å²) in [6.07, 6.45) is -4.46. The number of carbonyl (C=O) groups is 1. The molecule has 3 rings (SSSR count). The van der Waals surface area contributed by atoms with Gasteiger partial charge in [0.05, 0.1) is 12.2 Å². The van der Waals surface area contributed by atoms with E-state index >= 15 is 0 Å². The van der Waals surface area contributed by atoms with E-state index in [0.29, 0.717) is 16.5 Å². The van der Waals surface area contributed by atoms with Crippen LogP contribution < -0.4 is 10.9 Å². The summed E-state index contributed by atoms with van der Waals surface area (Å²) in [6.45, 7) is 5.18. The highest BCUT2D eigenvalue weighted by Gasteiger charge is 2.40. The lowest BCUT2D eigenvalue weighted by atomic mass is 10.1. The first kappa shape index (κ1) is 25.5. The number of amides is 1. The molecule has 0 saturated carbocycles. The second-order valence-electron chi connectivity index (χ2n) is 7.62. The SMILES string of the molecule is CCNC(=O)c1c(C(F)(F)F)sc2nc(Cn3nc(C(F)(F)I)cc3CC(C)C)cc(=O)n12. The van der Waals surface area contributed by atoms with Gasteiger partial charge in [-0.1, -0.05) is 25.2 Å². The minimum atomic E-state index is -4.88. The predicted octanol–water partition coefficient (Wildman–Crippen LogP) is 4.45. The van der Waals surface area contributed by atoms with Gasteiger partial charge in [-0.15, -0.1) is 0 Å². The fourth-order valence-corrected chi connectivity index (χ4v) is 4.49. The number of hydrogen-bond acceptors (Lipinski definition) is 5. The summed E-state index contributed by atoms with van der Waals surface area (Å²) in [7, 11) is 0. The maximum absolute atomic E-state index is 13.8. The molecule has 33 heavy (non-hydrogen) atoms. The number of alkyl halides is 6. The van der Waals surface area contributed by atoms with Crippen molar-refractivity contribution >= 4 is 44.8 Å². The van der Waals surface area contributed by atoms with Crippen molar-refractivity contribution in [2.24, 2.45) is 5.92 Å². The van der Waals surface area contributed by atoms with Gasteiger partial charge in [0, 0.05) is 40.9 Å². The van der Waals surface area contributed by atoms with Crippen molar-refractivity contribution in [3.05, 3.63) is 50.1 Å². The summed E-state index contributed by atoms with van der Waals surface area (Å²) in [5.41, 5.74) is -1.68. The van der Waals surface area contributed by atoms with Crippen molar-refractivity contribution in [1.29, 1.82) is 0 Å². The van der Waals surface area contributed by atoms with E-state index in [1.165, 1.54) is 17.7 Å². The second-order valence-corrected chi connectivity index (χ2v) is 9.95. The molecule has 1 amide bonds. The van der Waals surface area contributed by atoms with Gasteiger partial charge in [0.25, 0.3) is 11.5 Å². The van der Waals surface area contributed by atoms with Crippen LogP contribution in [0.5, 0.6) is 0 Å². The maximum Gasteiger partial charge on any atom is 0.427 e. The van der Waals surface area contributed by atoms with Crippen molar-refractivity contribution < 1.29 is 26.7 Å². The molecule has 0 radical (unpaired) electrons. The Morgan fingerprint density at radius 2 is 1.91 bits per heavy atom. The van der Waals surface area contributed by atoms with Crippen LogP contribution in [0.3, 0.4) is 0 Å². The first-order chi connectivity index (χ1) is 15.2. The Hall–Kier alpha value is -2.10. The van der Waals surface area contributed by atoms with E-state index in [9.17, 15) is 31.5 Å². The lowest BCUT2D eigenvalue weighted by Gasteiger charge is -2.10. The number of aromatic nitrogens is 4. The van der Waals surface area contributed by atoms with Gasteiger partial charge in [0.15, 0.2) is 4.96 Å². The molecule has 7 nitrogen and oxygen atoms in total. The number of nitrogens with zero attached hydrogens (tertiary/aromatic N) is 4. The molecule has 3 heterocycles. The minimum absolute atomic E-state index is 0.0360. The summed E-state index contributed by atoms with van der Waals surface area (Å²) in [4.78, 5) is 27.5. The van der Waals surface area contributed by atoms with Crippen LogP contribution in [0.25, 0.3) is 4.96 Å². The highest BCUT2D eigenvalue weighted by Crippen LogP contribution is 2.38. The summed E-state index contributed by atoms with van der Waals surface area (Å²) in [6, 6.07) is 2.24. The van der Waals surface area contributed by atoms with E-state index < -0.39 is 37.8 Å². The molecule has 1 N–H and O–H groups in total. The average molecular weight is 603 g/mol. The van der Waals surface area contributed by atoms with Crippen LogP contribution in [-0.4, -0.2) is 31.6 Å². The molecule has 3 aromatic heterocycles. The van der Waals surface area contributed by atoms with Gasteiger partial charge in [-0.05, 0) is 25.3 Å². The Kier molecular flexibility index (Phi) is 7.17. The van der Waals surface area contributed by atoms with Gasteiger partial charge in [0.2, 0.25) is 0 Å². The molecule has 0 bridgehead atoms. The summed E-state index contributed by atoms with van der Waals surface area (Å²) in [5.74, 6) is -0.934. The molecule has 0 spiro atoms. The largest absolute Gasteiger partial charge is 0.427 e. The highest BCUT2D eigenvalue weighted by atomic mass is 127. The van der Waals surface area contributed by atoms with Gasteiger partial charge in [-0.3, -0.25) is 14.3 Å². The Labute approximate surface area is 202 Å². The molecular weight excluding hydrogens is 584 g/mol. The zero-order chi connectivity index (χ0) is 24.7. The van der Waals surface area contributed by atoms with Crippen LogP contribution in [0, 0.1) is 5.92 Å². The predicted molar refractivity (Wildman–Crippen MR) is 120 cm³/mol. The summed E-state index contributed by atoms with van der Waals surface area (Å²) >= 11 is 1.12. The van der Waals surface area contributed by atoms with Crippen molar-refractivity contribution in [3.63, 3.8) is 0 Å². The summed E-state index contributed by atoms with van der Waals surface area (Å²) in [5, 5.41) is 6.19. The molecule has 180 valence electrons. The van der Waals surface area contributed by atoms with Crippen LogP contribution in [0.4, 0.5) is 22.0 Å². The quantitative estimate of drug-likeness (QED) is 0.246. The number of thiazole rings is 1. The standard InChI is InChI=1S/C19H19F5IN5O2S/c1-4-26-16(32)14-15(18(20,21)22)33-17-27-10(6-13(31)30(14)17)8-29-11(5-9(2)3)7-12(28-29)19(23,24)25/h6-7,9H,4-5,8H2,1-3H3,(H,26,32). The van der Waals surface area contributed by atoms with Gasteiger partial charge >= 0.3 is 10.1 Å². The number of carbonyl (C=O) groups excluding carboxylic acids is 1. The minimum Gasteiger partial charge on any atom is -0.351 e. The molecule has 14 heteroatoms. The molecule has 0 aliphatic heterocycles. The number of rotatable bonds is 7. The van der Waals surface area contributed by atoms with Crippen molar-refractivity contribution in [2.75, 3.05) is 6.54 Å². The second kappa shape index (κ2) is 9.27. The zero-order valence-corrected chi connectivity index (χ0v) is 20.6. The normalized spacial score (nSPS) is 12.7. The van der Waals surface area contributed by atoms with Crippen molar-refractivity contribution in [1.82, 2.24) is 24.5 Å². The lowest BCUT2D eigenvalue weighted by molar-refractivity contribution is -0.134. The van der Waals surface area contributed by atoms with Crippen LogP contribution in [0.1, 0.15) is 53.2 Å². The summed E-state index contributed by atoms with van der Waals surface area (Å²) < 4.78 is 66.9. The van der Waals surface area contributed by atoms with E-state index in [-0.39, 0.29) is 41.0 Å². The van der Waals surface area contributed by atoms with Crippen molar-refractivity contribution in [2.45, 2.75) is 43.8 Å². The van der Waals surface area contributed by atoms with E-state index in [1.807, 2.05) is 13.8 Å². The Bertz CT molecular complexity index is 1240. The van der Waals surface area contributed by atoms with Crippen molar-refractivity contribution in [3.8, 4) is 0 Å². The van der Waals surface area contributed by atoms with Crippen LogP contribution >= 0.6 is 33.9 Å². The van der Waals surface area contributed by atoms with E-state index in [1.54, 1.807) is 0 Å². The molecule has 0 aliphatic carbocycles. The van der Waals surface area contributed by atoms with E-state index in [0.717, 1.165) is 28.7 Å². The monoisotopic (exact) mass is 603 g/mol. The first-order valence-corrected chi connectivity index (χ1v) is 11.7. The Morgan fingerprint density at radius 1 is 1.24 bits per heavy atom. The molecule has 0 unspecified atom stereocenters. The van der Waals surface area contributed by atoms with Gasteiger partial charge in [0.1, 0.15) is 16.3 Å². The van der Waals surface area contributed by atoms with Gasteiger partial charge in [-0.2, -0.15) is 27.1 Å². The lowest BCUT2D eigenvalue weighted by Crippen LogP contribution is -2.30. The first-order valence-electron chi connectivity index (χ1n) is 9.77. The Balaban J connectivity index is 2.13. The Morgan fingerprint density at radius 3 is 2.45 bits per heavy atom. The van der Waals surface area contributed by atoms with Gasteiger partial charge in [-0.25, -0.2) is 9.38 Å². The number of fused-ring (bicyclic) bond motifs is 1. The third-order valence-corrected chi connectivity index (χ3v) is 6.10. The van der Waals surface area contributed by atoms with Crippen LogP contribution in [-0.2, 0) is 23.1 Å². The number of nitrogens with one attached hydrogen (secondary N) is 1. The number of halogens is 6. The molecule has 0 aliphatic rings. The van der Waals surface area contributed by atoms with Gasteiger partial charge < -0.3 is 5.32 Å². The molecule has 0 atom stereocenters. The fraction of sp³-hybridized carbons (Fsp3) is 0.474.